The number of aromatic nitrogens is 2. The van der Waals surface area contributed by atoms with E-state index in [1.165, 1.54) is 6.08 Å². The van der Waals surface area contributed by atoms with Gasteiger partial charge in [-0.3, -0.25) is 5.32 Å². The van der Waals surface area contributed by atoms with Gasteiger partial charge in [0.2, 0.25) is 5.95 Å². The SMILES string of the molecule is CN1CC[C@@H](n2c(NC#N)nc3cc(/C=C4\c5ccccc5COC5C=C(F)C=CC45)ccc32)[C@H](O)C1. The summed E-state index contributed by atoms with van der Waals surface area (Å²) in [7, 11) is 1.99. The summed E-state index contributed by atoms with van der Waals surface area (Å²) in [5.41, 5.74) is 5.74. The van der Waals surface area contributed by atoms with E-state index in [4.69, 9.17) is 9.72 Å². The van der Waals surface area contributed by atoms with E-state index in [0.29, 0.717) is 19.1 Å². The molecule has 37 heavy (non-hydrogen) atoms. The lowest BCUT2D eigenvalue weighted by Gasteiger charge is -2.35. The number of benzene rings is 2. The van der Waals surface area contributed by atoms with Crippen LogP contribution in [0.5, 0.6) is 0 Å². The van der Waals surface area contributed by atoms with Crippen molar-refractivity contribution in [2.24, 2.45) is 5.92 Å². The monoisotopic (exact) mass is 497 g/mol. The van der Waals surface area contributed by atoms with Crippen molar-refractivity contribution >= 4 is 28.6 Å². The van der Waals surface area contributed by atoms with Crippen molar-refractivity contribution in [2.75, 3.05) is 25.5 Å². The van der Waals surface area contributed by atoms with Gasteiger partial charge in [-0.25, -0.2) is 9.37 Å². The summed E-state index contributed by atoms with van der Waals surface area (Å²) in [5.74, 6) is 0.0220. The molecule has 6 rings (SSSR count). The second-order valence-corrected chi connectivity index (χ2v) is 9.94. The molecular formula is C29H28FN5O2. The average Bonchev–Trinajstić information content (AvgIpc) is 3.16. The first-order valence-electron chi connectivity index (χ1n) is 12.5. The summed E-state index contributed by atoms with van der Waals surface area (Å²) in [4.78, 5) is 6.82. The molecule has 0 saturated carbocycles. The number of rotatable bonds is 3. The predicted octanol–water partition coefficient (Wildman–Crippen LogP) is 4.65. The van der Waals surface area contributed by atoms with Crippen molar-refractivity contribution < 1.29 is 14.2 Å². The van der Waals surface area contributed by atoms with Crippen LogP contribution in [0, 0.1) is 17.4 Å². The number of piperidine rings is 1. The van der Waals surface area contributed by atoms with Crippen LogP contribution in [0.2, 0.25) is 0 Å². The van der Waals surface area contributed by atoms with E-state index in [-0.39, 0.29) is 23.9 Å². The highest BCUT2D eigenvalue weighted by molar-refractivity contribution is 5.89. The first-order chi connectivity index (χ1) is 18.0. The van der Waals surface area contributed by atoms with E-state index in [1.54, 1.807) is 6.08 Å². The molecule has 0 spiro atoms. The Morgan fingerprint density at radius 3 is 2.97 bits per heavy atom. The third kappa shape index (κ3) is 4.36. The number of imidazole rings is 1. The van der Waals surface area contributed by atoms with Crippen molar-refractivity contribution in [1.82, 2.24) is 14.5 Å². The number of aliphatic hydroxyl groups is 1. The van der Waals surface area contributed by atoms with Gasteiger partial charge in [0.15, 0.2) is 6.19 Å². The minimum atomic E-state index is -0.567. The molecule has 1 aliphatic carbocycles. The van der Waals surface area contributed by atoms with Gasteiger partial charge in [-0.1, -0.05) is 42.5 Å². The van der Waals surface area contributed by atoms with Crippen LogP contribution in [0.25, 0.3) is 22.7 Å². The number of β-amino-alcohol motifs (C(OH)–C–C–N with tert-alkyl or cyclic N) is 1. The van der Waals surface area contributed by atoms with E-state index in [1.807, 2.05) is 60.3 Å². The number of nitrogens with zero attached hydrogens (tertiary/aromatic N) is 4. The lowest BCUT2D eigenvalue weighted by molar-refractivity contribution is 0.0403. The summed E-state index contributed by atoms with van der Waals surface area (Å²) < 4.78 is 22.1. The molecule has 8 heteroatoms. The Labute approximate surface area is 214 Å². The summed E-state index contributed by atoms with van der Waals surface area (Å²) >= 11 is 0. The summed E-state index contributed by atoms with van der Waals surface area (Å²) in [6, 6.07) is 14.0. The zero-order chi connectivity index (χ0) is 25.5. The molecule has 7 nitrogen and oxygen atoms in total. The Balaban J connectivity index is 1.45. The molecule has 3 aliphatic rings. The molecule has 188 valence electrons. The van der Waals surface area contributed by atoms with Crippen LogP contribution in [-0.2, 0) is 11.3 Å². The van der Waals surface area contributed by atoms with Crippen LogP contribution < -0.4 is 5.32 Å². The number of nitriles is 1. The normalized spacial score (nSPS) is 26.8. The Hall–Kier alpha value is -3.77. The van der Waals surface area contributed by atoms with Crippen LogP contribution in [0.1, 0.15) is 29.2 Å². The number of ether oxygens (including phenoxy) is 1. The summed E-state index contributed by atoms with van der Waals surface area (Å²) in [5, 5.41) is 22.9. The van der Waals surface area contributed by atoms with E-state index in [9.17, 15) is 14.8 Å². The number of anilines is 1. The molecular weight excluding hydrogens is 469 g/mol. The standard InChI is InChI=1S/C29H28FN5O2/c1-34-11-10-26(27(36)15-34)35-25-9-6-18(13-24(25)33-29(35)32-17-31)12-23-21-5-3-2-4-19(21)16-37-28-14-20(30)7-8-22(23)28/h2-9,12-14,22,26-28,36H,10-11,15-16H2,1H3,(H,32,33)/b23-12+/t22?,26-,27-,28?/m1/s1. The highest BCUT2D eigenvalue weighted by Crippen LogP contribution is 2.40. The maximum atomic E-state index is 14.1. The van der Waals surface area contributed by atoms with Crippen molar-refractivity contribution in [3.8, 4) is 6.19 Å². The Kier molecular flexibility index (Phi) is 6.13. The molecule has 2 aliphatic heterocycles. The van der Waals surface area contributed by atoms with Gasteiger partial charge in [-0.15, -0.1) is 0 Å². The number of likely N-dealkylation sites (N-methyl/N-ethyl adjacent to an activating group) is 1. The number of hydrogen-bond donors (Lipinski definition) is 2. The van der Waals surface area contributed by atoms with E-state index in [2.05, 4.69) is 22.4 Å². The number of hydrogen-bond acceptors (Lipinski definition) is 6. The van der Waals surface area contributed by atoms with Gasteiger partial charge in [0, 0.05) is 19.0 Å². The molecule has 2 unspecified atom stereocenters. The van der Waals surface area contributed by atoms with Crippen LogP contribution in [0.4, 0.5) is 10.3 Å². The van der Waals surface area contributed by atoms with Crippen molar-refractivity contribution in [3.63, 3.8) is 0 Å². The molecule has 4 atom stereocenters. The highest BCUT2D eigenvalue weighted by Gasteiger charge is 2.32. The average molecular weight is 498 g/mol. The fraction of sp³-hybridized carbons (Fsp3) is 0.310. The molecule has 3 aromatic rings. The van der Waals surface area contributed by atoms with Gasteiger partial charge in [0.05, 0.1) is 35.9 Å². The van der Waals surface area contributed by atoms with Gasteiger partial charge in [0.25, 0.3) is 0 Å². The van der Waals surface area contributed by atoms with Gasteiger partial charge in [0.1, 0.15) is 5.83 Å². The topological polar surface area (TPSA) is 86.3 Å². The Morgan fingerprint density at radius 1 is 1.27 bits per heavy atom. The second kappa shape index (κ2) is 9.60. The lowest BCUT2D eigenvalue weighted by atomic mass is 9.83. The van der Waals surface area contributed by atoms with Crippen LogP contribution in [-0.4, -0.2) is 51.9 Å². The molecule has 1 saturated heterocycles. The molecule has 0 amide bonds. The number of nitrogens with one attached hydrogen (secondary N) is 1. The predicted molar refractivity (Wildman–Crippen MR) is 141 cm³/mol. The third-order valence-electron chi connectivity index (χ3n) is 7.54. The highest BCUT2D eigenvalue weighted by atomic mass is 19.1. The molecule has 1 aromatic heterocycles. The number of likely N-dealkylation sites (tertiary alicyclic amines) is 1. The molecule has 1 fully saturated rings. The fourth-order valence-electron chi connectivity index (χ4n) is 5.76. The number of fused-ring (bicyclic) bond motifs is 3. The van der Waals surface area contributed by atoms with Gasteiger partial charge < -0.3 is 19.3 Å². The van der Waals surface area contributed by atoms with Crippen molar-refractivity contribution in [3.05, 3.63) is 83.2 Å². The van der Waals surface area contributed by atoms with E-state index < -0.39 is 6.10 Å². The Bertz CT molecular complexity index is 1480. The molecule has 2 N–H and O–H groups in total. The zero-order valence-electron chi connectivity index (χ0n) is 20.5. The van der Waals surface area contributed by atoms with E-state index >= 15 is 0 Å². The van der Waals surface area contributed by atoms with Crippen LogP contribution in [0.3, 0.4) is 0 Å². The summed E-state index contributed by atoms with van der Waals surface area (Å²) in [6.07, 6.45) is 8.83. The number of halogens is 1. The smallest absolute Gasteiger partial charge is 0.217 e. The maximum Gasteiger partial charge on any atom is 0.217 e. The first-order valence-corrected chi connectivity index (χ1v) is 12.5. The van der Waals surface area contributed by atoms with Gasteiger partial charge in [-0.05, 0) is 60.0 Å². The second-order valence-electron chi connectivity index (χ2n) is 9.94. The molecule has 2 aromatic carbocycles. The minimum Gasteiger partial charge on any atom is -0.390 e. The van der Waals surface area contributed by atoms with Crippen molar-refractivity contribution in [1.29, 1.82) is 5.26 Å². The quantitative estimate of drug-likeness (QED) is 0.405. The van der Waals surface area contributed by atoms with Gasteiger partial charge >= 0.3 is 0 Å². The fourth-order valence-corrected chi connectivity index (χ4v) is 5.76. The largest absolute Gasteiger partial charge is 0.390 e. The molecule has 3 heterocycles. The Morgan fingerprint density at radius 2 is 2.14 bits per heavy atom. The van der Waals surface area contributed by atoms with Crippen molar-refractivity contribution in [2.45, 2.75) is 31.3 Å². The molecule has 0 bridgehead atoms. The first kappa shape index (κ1) is 23.6. The minimum absolute atomic E-state index is 0.124. The lowest BCUT2D eigenvalue weighted by Crippen LogP contribution is -2.42. The maximum absolute atomic E-state index is 14.1. The van der Waals surface area contributed by atoms with Gasteiger partial charge in [-0.2, -0.15) is 5.26 Å². The zero-order valence-corrected chi connectivity index (χ0v) is 20.5. The van der Waals surface area contributed by atoms with Crippen LogP contribution >= 0.6 is 0 Å². The number of aliphatic hydroxyl groups excluding tert-OH is 1. The molecule has 0 radical (unpaired) electrons. The third-order valence-corrected chi connectivity index (χ3v) is 7.54. The number of allylic oxidation sites excluding steroid dienone is 2. The van der Waals surface area contributed by atoms with E-state index in [0.717, 1.165) is 46.3 Å². The summed E-state index contributed by atoms with van der Waals surface area (Å²) in [6.45, 7) is 1.83. The van der Waals surface area contributed by atoms with Crippen LogP contribution in [0.15, 0.2) is 66.5 Å².